The quantitative estimate of drug-likeness (QED) is 0.440. The zero-order chi connectivity index (χ0) is 26.6. The molecule has 1 N–H and O–H groups in total. The maximum absolute atomic E-state index is 13.2. The Labute approximate surface area is 221 Å². The lowest BCUT2D eigenvalue weighted by molar-refractivity contribution is -0.123. The van der Waals surface area contributed by atoms with Crippen LogP contribution < -0.4 is 5.32 Å². The van der Waals surface area contributed by atoms with Crippen LogP contribution in [0.2, 0.25) is 0 Å². The summed E-state index contributed by atoms with van der Waals surface area (Å²) in [5.74, 6) is -0.604. The third-order valence-electron chi connectivity index (χ3n) is 6.47. The number of nitrogens with zero attached hydrogens (tertiary/aromatic N) is 4. The third-order valence-corrected chi connectivity index (χ3v) is 8.19. The van der Waals surface area contributed by atoms with E-state index in [-0.39, 0.29) is 24.0 Å². The highest BCUT2D eigenvalue weighted by molar-refractivity contribution is 7.89. The van der Waals surface area contributed by atoms with Crippen LogP contribution in [0.15, 0.2) is 48.5 Å². The number of benzene rings is 2. The topological polar surface area (TPSA) is 113 Å². The molecule has 37 heavy (non-hydrogen) atoms. The fourth-order valence-corrected chi connectivity index (χ4v) is 5.83. The predicted molar refractivity (Wildman–Crippen MR) is 146 cm³/mol. The largest absolute Gasteiger partial charge is 0.304 e. The number of rotatable bonds is 9. The van der Waals surface area contributed by atoms with Gasteiger partial charge in [-0.1, -0.05) is 47.7 Å². The lowest BCUT2D eigenvalue weighted by Gasteiger charge is -2.35. The minimum atomic E-state index is -3.33. The van der Waals surface area contributed by atoms with Gasteiger partial charge >= 0.3 is 0 Å². The van der Waals surface area contributed by atoms with E-state index in [0.29, 0.717) is 26.8 Å². The Morgan fingerprint density at radius 1 is 1.03 bits per heavy atom. The highest BCUT2D eigenvalue weighted by Crippen LogP contribution is 2.26. The van der Waals surface area contributed by atoms with Gasteiger partial charge in [0.1, 0.15) is 5.01 Å². The van der Waals surface area contributed by atoms with Gasteiger partial charge < -0.3 is 4.90 Å². The summed E-state index contributed by atoms with van der Waals surface area (Å²) in [4.78, 5) is 30.6. The van der Waals surface area contributed by atoms with Gasteiger partial charge in [-0.05, 0) is 37.2 Å². The van der Waals surface area contributed by atoms with Crippen molar-refractivity contribution < 1.29 is 18.0 Å². The second-order valence-electron chi connectivity index (χ2n) is 9.44. The molecule has 1 saturated heterocycles. The summed E-state index contributed by atoms with van der Waals surface area (Å²) in [7, 11) is -1.27. The number of ketones is 1. The first-order valence-corrected chi connectivity index (χ1v) is 14.9. The van der Waals surface area contributed by atoms with E-state index in [2.05, 4.69) is 32.4 Å². The van der Waals surface area contributed by atoms with Crippen molar-refractivity contribution in [3.8, 4) is 10.6 Å². The van der Waals surface area contributed by atoms with E-state index in [9.17, 15) is 18.0 Å². The smallest absolute Gasteiger partial charge is 0.257 e. The zero-order valence-electron chi connectivity index (χ0n) is 21.2. The van der Waals surface area contributed by atoms with E-state index in [0.717, 1.165) is 38.0 Å². The van der Waals surface area contributed by atoms with Gasteiger partial charge in [0.15, 0.2) is 15.6 Å². The number of carbonyl (C=O) groups is 2. The van der Waals surface area contributed by atoms with Crippen LogP contribution in [0.3, 0.4) is 0 Å². The second kappa shape index (κ2) is 11.6. The number of aromatic nitrogens is 2. The lowest BCUT2D eigenvalue weighted by atomic mass is 9.97. The van der Waals surface area contributed by atoms with Gasteiger partial charge in [-0.3, -0.25) is 19.8 Å². The Balaban J connectivity index is 1.52. The molecule has 1 amide bonds. The molecule has 0 bridgehead atoms. The first kappa shape index (κ1) is 27.1. The first-order chi connectivity index (χ1) is 17.6. The molecule has 3 aromatic rings. The zero-order valence-corrected chi connectivity index (χ0v) is 22.8. The van der Waals surface area contributed by atoms with Gasteiger partial charge in [-0.15, -0.1) is 10.2 Å². The average molecular weight is 542 g/mol. The number of anilines is 1. The van der Waals surface area contributed by atoms with Crippen LogP contribution in [-0.2, 0) is 26.8 Å². The van der Waals surface area contributed by atoms with Crippen molar-refractivity contribution in [2.45, 2.75) is 25.1 Å². The number of nitrogens with one attached hydrogen (secondary N) is 1. The molecule has 1 unspecified atom stereocenters. The Morgan fingerprint density at radius 2 is 1.73 bits per heavy atom. The molecule has 1 fully saturated rings. The summed E-state index contributed by atoms with van der Waals surface area (Å²) in [6.45, 7) is 5.28. The van der Waals surface area contributed by atoms with E-state index in [1.54, 1.807) is 18.2 Å². The maximum Gasteiger partial charge on any atom is 0.257 e. The molecule has 9 nitrogen and oxygen atoms in total. The molecule has 1 aliphatic heterocycles. The number of sulfone groups is 1. The minimum absolute atomic E-state index is 0.00603. The molecule has 1 aromatic heterocycles. The monoisotopic (exact) mass is 541 g/mol. The number of likely N-dealkylation sites (N-methyl/N-ethyl adjacent to an activating group) is 1. The van der Waals surface area contributed by atoms with Gasteiger partial charge in [-0.2, -0.15) is 0 Å². The molecule has 0 aliphatic carbocycles. The van der Waals surface area contributed by atoms with Crippen molar-refractivity contribution in [3.63, 3.8) is 0 Å². The van der Waals surface area contributed by atoms with Gasteiger partial charge in [0.05, 0.1) is 11.8 Å². The first-order valence-electron chi connectivity index (χ1n) is 12.0. The Morgan fingerprint density at radius 3 is 2.41 bits per heavy atom. The van der Waals surface area contributed by atoms with E-state index in [1.807, 2.05) is 37.3 Å². The van der Waals surface area contributed by atoms with Crippen molar-refractivity contribution in [1.29, 1.82) is 0 Å². The Bertz CT molecular complexity index is 1370. The Hall–Kier alpha value is -2.99. The van der Waals surface area contributed by atoms with Crippen molar-refractivity contribution in [1.82, 2.24) is 20.0 Å². The van der Waals surface area contributed by atoms with Crippen molar-refractivity contribution in [3.05, 3.63) is 65.2 Å². The SMILES string of the molecule is CC(C(=O)Cc1cc(C(=O)Nc2nnc(-c3ccccc3)s2)ccc1CS(C)(=O)=O)N1CCN(C)CC1. The molecule has 0 saturated carbocycles. The summed E-state index contributed by atoms with van der Waals surface area (Å²) in [6.07, 6.45) is 1.21. The molecule has 2 heterocycles. The molecule has 11 heteroatoms. The van der Waals surface area contributed by atoms with Gasteiger partial charge in [0, 0.05) is 50.0 Å². The summed E-state index contributed by atoms with van der Waals surface area (Å²) < 4.78 is 24.1. The number of Topliss-reactive ketones (excluding diaryl/α,β-unsaturated/α-hetero) is 1. The fourth-order valence-electron chi connectivity index (χ4n) is 4.24. The van der Waals surface area contributed by atoms with Gasteiger partial charge in [-0.25, -0.2) is 8.42 Å². The summed E-state index contributed by atoms with van der Waals surface area (Å²) in [5.41, 5.74) is 2.30. The van der Waals surface area contributed by atoms with Crippen molar-refractivity contribution in [2.24, 2.45) is 0 Å². The number of amides is 1. The second-order valence-corrected chi connectivity index (χ2v) is 12.6. The summed E-state index contributed by atoms with van der Waals surface area (Å²) >= 11 is 1.26. The van der Waals surface area contributed by atoms with Crippen molar-refractivity contribution >= 4 is 38.0 Å². The number of carbonyl (C=O) groups excluding carboxylic acids is 2. The van der Waals surface area contributed by atoms with E-state index < -0.39 is 15.7 Å². The molecule has 0 radical (unpaired) electrons. The summed E-state index contributed by atoms with van der Waals surface area (Å²) in [5, 5.41) is 12.0. The fraction of sp³-hybridized carbons (Fsp3) is 0.385. The van der Waals surface area contributed by atoms with Crippen LogP contribution in [0.5, 0.6) is 0 Å². The van der Waals surface area contributed by atoms with Crippen LogP contribution in [0.4, 0.5) is 5.13 Å². The summed E-state index contributed by atoms with van der Waals surface area (Å²) in [6, 6.07) is 14.1. The van der Waals surface area contributed by atoms with E-state index in [4.69, 9.17) is 0 Å². The molecule has 4 rings (SSSR count). The van der Waals surface area contributed by atoms with Crippen LogP contribution in [0.1, 0.15) is 28.4 Å². The Kier molecular flexibility index (Phi) is 8.48. The number of piperazine rings is 1. The third kappa shape index (κ3) is 7.29. The predicted octanol–water partition coefficient (Wildman–Crippen LogP) is 2.75. The minimum Gasteiger partial charge on any atom is -0.304 e. The normalized spacial score (nSPS) is 15.9. The molecular formula is C26H31N5O4S2. The van der Waals surface area contributed by atoms with Gasteiger partial charge in [0.25, 0.3) is 5.91 Å². The van der Waals surface area contributed by atoms with E-state index >= 15 is 0 Å². The van der Waals surface area contributed by atoms with Crippen LogP contribution in [-0.4, -0.2) is 85.6 Å². The number of hydrogen-bond acceptors (Lipinski definition) is 9. The molecule has 1 atom stereocenters. The average Bonchev–Trinajstić information content (AvgIpc) is 3.33. The van der Waals surface area contributed by atoms with Gasteiger partial charge in [0.2, 0.25) is 5.13 Å². The highest BCUT2D eigenvalue weighted by Gasteiger charge is 2.25. The number of hydrogen-bond donors (Lipinski definition) is 1. The molecule has 1 aliphatic rings. The standard InChI is InChI=1S/C26H31N5O4S2/c1-18(31-13-11-30(2)12-14-31)23(32)16-22-15-20(9-10-21(22)17-37(3,34)35)24(33)27-26-29-28-25(36-26)19-7-5-4-6-8-19/h4-10,15,18H,11-14,16-17H2,1-3H3,(H,27,29,33). The maximum atomic E-state index is 13.2. The molecule has 0 spiro atoms. The van der Waals surface area contributed by atoms with Crippen molar-refractivity contribution in [2.75, 3.05) is 44.8 Å². The van der Waals surface area contributed by atoms with Crippen LogP contribution in [0, 0.1) is 0 Å². The molecular weight excluding hydrogens is 510 g/mol. The van der Waals surface area contributed by atoms with Crippen LogP contribution in [0.25, 0.3) is 10.6 Å². The molecule has 196 valence electrons. The van der Waals surface area contributed by atoms with Crippen LogP contribution >= 0.6 is 11.3 Å². The molecule has 2 aromatic carbocycles. The lowest BCUT2D eigenvalue weighted by Crippen LogP contribution is -2.50. The van der Waals surface area contributed by atoms with E-state index in [1.165, 1.54) is 11.3 Å². The highest BCUT2D eigenvalue weighted by atomic mass is 32.2.